The SMILES string of the molecule is CC(C)(C)OC(=O)N1CCC(=NOC(=O)Nc2ccc(F)cc2)CC1. The third-order valence-corrected chi connectivity index (χ3v) is 3.34. The maximum atomic E-state index is 12.8. The molecule has 1 fully saturated rings. The van der Waals surface area contributed by atoms with Crippen molar-refractivity contribution in [2.75, 3.05) is 18.4 Å². The molecule has 136 valence electrons. The third kappa shape index (κ3) is 6.40. The Bertz CT molecular complexity index is 643. The van der Waals surface area contributed by atoms with Gasteiger partial charge in [-0.3, -0.25) is 10.2 Å². The average molecular weight is 351 g/mol. The number of benzene rings is 1. The number of halogens is 1. The number of hydrogen-bond donors (Lipinski definition) is 1. The van der Waals surface area contributed by atoms with Gasteiger partial charge >= 0.3 is 12.2 Å². The van der Waals surface area contributed by atoms with Crippen LogP contribution in [0.2, 0.25) is 0 Å². The second-order valence-electron chi connectivity index (χ2n) is 6.64. The number of amides is 2. The van der Waals surface area contributed by atoms with Crippen LogP contribution in [0.4, 0.5) is 19.7 Å². The summed E-state index contributed by atoms with van der Waals surface area (Å²) in [4.78, 5) is 30.0. The fourth-order valence-electron chi connectivity index (χ4n) is 2.15. The zero-order chi connectivity index (χ0) is 18.4. The van der Waals surface area contributed by atoms with Gasteiger partial charge in [0.1, 0.15) is 11.4 Å². The number of oxime groups is 1. The van der Waals surface area contributed by atoms with Crippen LogP contribution in [-0.4, -0.2) is 41.5 Å². The number of nitrogens with one attached hydrogen (secondary N) is 1. The van der Waals surface area contributed by atoms with Crippen LogP contribution in [0.3, 0.4) is 0 Å². The van der Waals surface area contributed by atoms with E-state index < -0.39 is 17.5 Å². The van der Waals surface area contributed by atoms with E-state index in [1.165, 1.54) is 24.3 Å². The lowest BCUT2D eigenvalue weighted by Gasteiger charge is -2.30. The Balaban J connectivity index is 1.77. The van der Waals surface area contributed by atoms with E-state index >= 15 is 0 Å². The molecule has 1 saturated heterocycles. The first kappa shape index (κ1) is 18.7. The lowest BCUT2D eigenvalue weighted by atomic mass is 10.1. The Morgan fingerprint density at radius 3 is 2.32 bits per heavy atom. The van der Waals surface area contributed by atoms with Crippen LogP contribution >= 0.6 is 0 Å². The van der Waals surface area contributed by atoms with E-state index in [2.05, 4.69) is 10.5 Å². The van der Waals surface area contributed by atoms with Crippen LogP contribution in [0, 0.1) is 5.82 Å². The first-order valence-corrected chi connectivity index (χ1v) is 8.00. The molecule has 1 aromatic carbocycles. The number of ether oxygens (including phenoxy) is 1. The van der Waals surface area contributed by atoms with Crippen molar-refractivity contribution in [2.45, 2.75) is 39.2 Å². The monoisotopic (exact) mass is 351 g/mol. The topological polar surface area (TPSA) is 80.2 Å². The first-order chi connectivity index (χ1) is 11.7. The molecule has 1 N–H and O–H groups in total. The second kappa shape index (κ2) is 7.96. The van der Waals surface area contributed by atoms with Crippen LogP contribution < -0.4 is 5.32 Å². The van der Waals surface area contributed by atoms with Crippen molar-refractivity contribution in [2.24, 2.45) is 5.16 Å². The van der Waals surface area contributed by atoms with Crippen molar-refractivity contribution in [1.29, 1.82) is 0 Å². The van der Waals surface area contributed by atoms with Crippen molar-refractivity contribution < 1.29 is 23.6 Å². The molecule has 0 bridgehead atoms. The quantitative estimate of drug-likeness (QED) is 0.650. The fraction of sp³-hybridized carbons (Fsp3) is 0.471. The smallest absolute Gasteiger partial charge is 0.437 e. The van der Waals surface area contributed by atoms with Gasteiger partial charge in [-0.15, -0.1) is 0 Å². The summed E-state index contributed by atoms with van der Waals surface area (Å²) in [5.74, 6) is -0.393. The standard InChI is InChI=1S/C17H22FN3O4/c1-17(2,3)24-16(23)21-10-8-14(9-11-21)20-25-15(22)19-13-6-4-12(18)5-7-13/h4-7H,8-11H2,1-3H3,(H,19,22). The number of carbonyl (C=O) groups excluding carboxylic acids is 2. The normalized spacial score (nSPS) is 14.7. The van der Waals surface area contributed by atoms with Gasteiger partial charge in [0.25, 0.3) is 0 Å². The number of likely N-dealkylation sites (tertiary alicyclic amines) is 1. The molecule has 0 atom stereocenters. The predicted octanol–water partition coefficient (Wildman–Crippen LogP) is 3.76. The van der Waals surface area contributed by atoms with E-state index in [1.54, 1.807) is 4.90 Å². The summed E-state index contributed by atoms with van der Waals surface area (Å²) in [6.45, 7) is 6.35. The zero-order valence-corrected chi connectivity index (χ0v) is 14.5. The van der Waals surface area contributed by atoms with E-state index in [0.717, 1.165) is 0 Å². The van der Waals surface area contributed by atoms with E-state index in [0.29, 0.717) is 37.3 Å². The number of carbonyl (C=O) groups is 2. The Hall–Kier alpha value is -2.64. The highest BCUT2D eigenvalue weighted by molar-refractivity contribution is 5.88. The molecule has 0 radical (unpaired) electrons. The summed E-state index contributed by atoms with van der Waals surface area (Å²) >= 11 is 0. The maximum Gasteiger partial charge on any atom is 0.437 e. The van der Waals surface area contributed by atoms with E-state index in [9.17, 15) is 14.0 Å². The van der Waals surface area contributed by atoms with Crippen LogP contribution in [-0.2, 0) is 9.57 Å². The van der Waals surface area contributed by atoms with Crippen molar-refractivity contribution in [3.05, 3.63) is 30.1 Å². The van der Waals surface area contributed by atoms with E-state index in [1.807, 2.05) is 20.8 Å². The van der Waals surface area contributed by atoms with Gasteiger partial charge < -0.3 is 9.64 Å². The molecule has 7 nitrogen and oxygen atoms in total. The summed E-state index contributed by atoms with van der Waals surface area (Å²) in [5, 5.41) is 6.26. The summed E-state index contributed by atoms with van der Waals surface area (Å²) in [5.41, 5.74) is 0.563. The molecule has 1 aliphatic heterocycles. The van der Waals surface area contributed by atoms with Gasteiger partial charge in [0, 0.05) is 31.6 Å². The number of hydrogen-bond acceptors (Lipinski definition) is 5. The summed E-state index contributed by atoms with van der Waals surface area (Å²) in [7, 11) is 0. The maximum absolute atomic E-state index is 12.8. The Labute approximate surface area is 145 Å². The van der Waals surface area contributed by atoms with Crippen molar-refractivity contribution in [3.63, 3.8) is 0 Å². The number of anilines is 1. The van der Waals surface area contributed by atoms with Gasteiger partial charge in [-0.1, -0.05) is 5.16 Å². The first-order valence-electron chi connectivity index (χ1n) is 8.00. The molecule has 2 rings (SSSR count). The second-order valence-corrected chi connectivity index (χ2v) is 6.64. The van der Waals surface area contributed by atoms with Gasteiger partial charge in [0.2, 0.25) is 0 Å². The molecule has 1 heterocycles. The molecule has 0 unspecified atom stereocenters. The largest absolute Gasteiger partial charge is 0.444 e. The van der Waals surface area contributed by atoms with E-state index in [4.69, 9.17) is 9.57 Å². The van der Waals surface area contributed by atoms with Crippen molar-refractivity contribution in [3.8, 4) is 0 Å². The number of nitrogens with zero attached hydrogens (tertiary/aromatic N) is 2. The lowest BCUT2D eigenvalue weighted by molar-refractivity contribution is 0.0247. The van der Waals surface area contributed by atoms with Gasteiger partial charge in [-0.25, -0.2) is 14.0 Å². The number of rotatable bonds is 2. The van der Waals surface area contributed by atoms with Crippen molar-refractivity contribution >= 4 is 23.6 Å². The molecular weight excluding hydrogens is 329 g/mol. The molecule has 8 heteroatoms. The van der Waals surface area contributed by atoms with Crippen molar-refractivity contribution in [1.82, 2.24) is 4.90 Å². The molecular formula is C17H22FN3O4. The summed E-state index contributed by atoms with van der Waals surface area (Å²) < 4.78 is 18.1. The zero-order valence-electron chi connectivity index (χ0n) is 14.5. The highest BCUT2D eigenvalue weighted by atomic mass is 19.1. The van der Waals surface area contributed by atoms with Gasteiger partial charge in [0.05, 0.1) is 5.71 Å². The highest BCUT2D eigenvalue weighted by Gasteiger charge is 2.25. The van der Waals surface area contributed by atoms with Crippen LogP contribution in [0.5, 0.6) is 0 Å². The van der Waals surface area contributed by atoms with Crippen LogP contribution in [0.15, 0.2) is 29.4 Å². The Kier molecular flexibility index (Phi) is 5.95. The Morgan fingerprint density at radius 2 is 1.76 bits per heavy atom. The fourth-order valence-corrected chi connectivity index (χ4v) is 2.15. The predicted molar refractivity (Wildman–Crippen MR) is 91.0 cm³/mol. The average Bonchev–Trinajstić information content (AvgIpc) is 2.54. The molecule has 0 spiro atoms. The molecule has 1 aromatic rings. The van der Waals surface area contributed by atoms with Gasteiger partial charge in [-0.05, 0) is 45.0 Å². The minimum Gasteiger partial charge on any atom is -0.444 e. The van der Waals surface area contributed by atoms with E-state index in [-0.39, 0.29) is 6.09 Å². The van der Waals surface area contributed by atoms with Crippen LogP contribution in [0.25, 0.3) is 0 Å². The summed E-state index contributed by atoms with van der Waals surface area (Å²) in [6, 6.07) is 5.30. The Morgan fingerprint density at radius 1 is 1.16 bits per heavy atom. The molecule has 25 heavy (non-hydrogen) atoms. The summed E-state index contributed by atoms with van der Waals surface area (Å²) in [6.07, 6.45) is -0.109. The van der Waals surface area contributed by atoms with Crippen LogP contribution in [0.1, 0.15) is 33.6 Å². The lowest BCUT2D eigenvalue weighted by Crippen LogP contribution is -2.42. The highest BCUT2D eigenvalue weighted by Crippen LogP contribution is 2.14. The minimum absolute atomic E-state index is 0.360. The minimum atomic E-state index is -0.756. The van der Waals surface area contributed by atoms with Gasteiger partial charge in [-0.2, -0.15) is 0 Å². The van der Waals surface area contributed by atoms with Gasteiger partial charge in [0.15, 0.2) is 0 Å². The molecule has 0 saturated carbocycles. The molecule has 1 aliphatic rings. The molecule has 0 aromatic heterocycles. The number of piperidine rings is 1. The molecule has 2 amide bonds. The third-order valence-electron chi connectivity index (χ3n) is 3.34. The molecule has 0 aliphatic carbocycles.